The summed E-state index contributed by atoms with van der Waals surface area (Å²) < 4.78 is 10.5. The number of fused-ring (bicyclic) bond motifs is 1. The number of hydrogen-bond donors (Lipinski definition) is 0. The normalized spacial score (nSPS) is 12.8. The first-order chi connectivity index (χ1) is 10.2. The van der Waals surface area contributed by atoms with Gasteiger partial charge in [0, 0.05) is 9.92 Å². The van der Waals surface area contributed by atoms with E-state index in [1.807, 2.05) is 30.3 Å². The average Bonchev–Trinajstić information content (AvgIpc) is 2.95. The summed E-state index contributed by atoms with van der Waals surface area (Å²) in [6.45, 7) is 0.244. The maximum atomic E-state index is 11.9. The predicted molar refractivity (Wildman–Crippen MR) is 83.9 cm³/mol. The highest BCUT2D eigenvalue weighted by Crippen LogP contribution is 2.33. The van der Waals surface area contributed by atoms with E-state index in [0.29, 0.717) is 10.8 Å². The molecule has 0 bridgehead atoms. The van der Waals surface area contributed by atoms with E-state index in [1.54, 1.807) is 18.2 Å². The van der Waals surface area contributed by atoms with Gasteiger partial charge in [0.1, 0.15) is 0 Å². The molecule has 5 heteroatoms. The van der Waals surface area contributed by atoms with E-state index in [4.69, 9.17) is 21.1 Å². The highest BCUT2D eigenvalue weighted by atomic mass is 35.5. The first-order valence-corrected chi connectivity index (χ1v) is 7.45. The van der Waals surface area contributed by atoms with Gasteiger partial charge in [0.25, 0.3) is 0 Å². The molecule has 0 saturated carbocycles. The van der Waals surface area contributed by atoms with Crippen LogP contribution in [0, 0.1) is 0 Å². The lowest BCUT2D eigenvalue weighted by Crippen LogP contribution is -1.92. The maximum absolute atomic E-state index is 11.9. The van der Waals surface area contributed by atoms with Crippen LogP contribution in [0.1, 0.15) is 5.56 Å². The van der Waals surface area contributed by atoms with Crippen molar-refractivity contribution in [3.05, 3.63) is 59.1 Å². The van der Waals surface area contributed by atoms with Gasteiger partial charge < -0.3 is 9.47 Å². The van der Waals surface area contributed by atoms with Crippen LogP contribution < -0.4 is 9.47 Å². The molecular weight excluding hydrogens is 308 g/mol. The van der Waals surface area contributed by atoms with Crippen molar-refractivity contribution in [2.45, 2.75) is 4.90 Å². The summed E-state index contributed by atoms with van der Waals surface area (Å²) in [4.78, 5) is 12.8. The van der Waals surface area contributed by atoms with Gasteiger partial charge in [-0.05, 0) is 59.8 Å². The number of hydrogen-bond acceptors (Lipinski definition) is 4. The van der Waals surface area contributed by atoms with Crippen molar-refractivity contribution < 1.29 is 14.3 Å². The van der Waals surface area contributed by atoms with Crippen LogP contribution in [-0.2, 0) is 4.79 Å². The van der Waals surface area contributed by atoms with Crippen molar-refractivity contribution >= 4 is 34.6 Å². The number of benzene rings is 2. The van der Waals surface area contributed by atoms with Gasteiger partial charge in [-0.25, -0.2) is 0 Å². The first-order valence-electron chi connectivity index (χ1n) is 6.26. The molecule has 1 aliphatic heterocycles. The molecule has 0 atom stereocenters. The first kappa shape index (κ1) is 14.0. The van der Waals surface area contributed by atoms with Crippen molar-refractivity contribution in [2.75, 3.05) is 6.79 Å². The zero-order valence-corrected chi connectivity index (χ0v) is 12.5. The molecule has 21 heavy (non-hydrogen) atoms. The van der Waals surface area contributed by atoms with E-state index in [0.717, 1.165) is 28.0 Å². The molecule has 0 spiro atoms. The summed E-state index contributed by atoms with van der Waals surface area (Å²) in [5.41, 5.74) is 0.893. The molecule has 0 aromatic heterocycles. The van der Waals surface area contributed by atoms with E-state index in [-0.39, 0.29) is 11.9 Å². The fraction of sp³-hybridized carbons (Fsp3) is 0.0625. The van der Waals surface area contributed by atoms with Gasteiger partial charge in [0.15, 0.2) is 11.5 Å². The lowest BCUT2D eigenvalue weighted by Gasteiger charge is -1.98. The van der Waals surface area contributed by atoms with Crippen LogP contribution in [0.4, 0.5) is 0 Å². The number of halogens is 1. The Bertz CT molecular complexity index is 695. The van der Waals surface area contributed by atoms with Crippen molar-refractivity contribution in [3.8, 4) is 11.5 Å². The molecule has 2 aromatic rings. The van der Waals surface area contributed by atoms with Gasteiger partial charge in [-0.1, -0.05) is 23.7 Å². The fourth-order valence-electron chi connectivity index (χ4n) is 1.83. The van der Waals surface area contributed by atoms with Crippen LogP contribution in [0.15, 0.2) is 53.4 Å². The van der Waals surface area contributed by atoms with Crippen molar-refractivity contribution in [1.82, 2.24) is 0 Å². The third-order valence-corrected chi connectivity index (χ3v) is 3.94. The van der Waals surface area contributed by atoms with Crippen molar-refractivity contribution in [2.24, 2.45) is 0 Å². The average molecular weight is 319 g/mol. The van der Waals surface area contributed by atoms with E-state index in [2.05, 4.69) is 0 Å². The minimum atomic E-state index is -0.0463. The van der Waals surface area contributed by atoms with Crippen LogP contribution in [0.3, 0.4) is 0 Å². The molecule has 106 valence electrons. The van der Waals surface area contributed by atoms with Gasteiger partial charge >= 0.3 is 0 Å². The molecule has 0 N–H and O–H groups in total. The van der Waals surface area contributed by atoms with Crippen LogP contribution in [0.5, 0.6) is 11.5 Å². The molecule has 3 rings (SSSR count). The Morgan fingerprint density at radius 3 is 2.67 bits per heavy atom. The van der Waals surface area contributed by atoms with E-state index < -0.39 is 0 Å². The second-order valence-corrected chi connectivity index (χ2v) is 5.84. The molecule has 1 aliphatic rings. The molecule has 0 radical (unpaired) electrons. The summed E-state index contributed by atoms with van der Waals surface area (Å²) in [5, 5.41) is 0.609. The van der Waals surface area contributed by atoms with Gasteiger partial charge in [-0.15, -0.1) is 0 Å². The standard InChI is InChI=1S/C16H11ClO3S/c17-12-3-5-13(6-4-12)21-16(18)8-2-11-1-7-14-15(9-11)20-10-19-14/h1-9H,10H2/b8-2+. The lowest BCUT2D eigenvalue weighted by atomic mass is 10.2. The molecule has 0 unspecified atom stereocenters. The third-order valence-electron chi connectivity index (χ3n) is 2.84. The summed E-state index contributed by atoms with van der Waals surface area (Å²) in [5.74, 6) is 1.43. The second kappa shape index (κ2) is 6.24. The maximum Gasteiger partial charge on any atom is 0.231 e. The summed E-state index contributed by atoms with van der Waals surface area (Å²) >= 11 is 6.96. The predicted octanol–water partition coefficient (Wildman–Crippen LogP) is 4.40. The minimum absolute atomic E-state index is 0.0463. The number of carbonyl (C=O) groups excluding carboxylic acids is 1. The number of carbonyl (C=O) groups is 1. The number of thioether (sulfide) groups is 1. The van der Waals surface area contributed by atoms with Gasteiger partial charge in [0.2, 0.25) is 11.9 Å². The van der Waals surface area contributed by atoms with Crippen LogP contribution in [0.2, 0.25) is 5.02 Å². The Morgan fingerprint density at radius 1 is 1.10 bits per heavy atom. The number of ether oxygens (including phenoxy) is 2. The Morgan fingerprint density at radius 2 is 1.86 bits per heavy atom. The Balaban J connectivity index is 1.65. The summed E-state index contributed by atoms with van der Waals surface area (Å²) in [7, 11) is 0. The topological polar surface area (TPSA) is 35.5 Å². The van der Waals surface area contributed by atoms with Crippen molar-refractivity contribution in [1.29, 1.82) is 0 Å². The number of rotatable bonds is 3. The Kier molecular flexibility index (Phi) is 4.18. The Labute approximate surface area is 131 Å². The molecule has 3 nitrogen and oxygen atoms in total. The van der Waals surface area contributed by atoms with Crippen LogP contribution >= 0.6 is 23.4 Å². The van der Waals surface area contributed by atoms with Gasteiger partial charge in [0.05, 0.1) is 0 Å². The van der Waals surface area contributed by atoms with E-state index >= 15 is 0 Å². The zero-order chi connectivity index (χ0) is 14.7. The molecule has 2 aromatic carbocycles. The van der Waals surface area contributed by atoms with Crippen LogP contribution in [-0.4, -0.2) is 11.9 Å². The third kappa shape index (κ3) is 3.60. The van der Waals surface area contributed by atoms with E-state index in [1.165, 1.54) is 6.08 Å². The second-order valence-electron chi connectivity index (χ2n) is 4.32. The van der Waals surface area contributed by atoms with Crippen molar-refractivity contribution in [3.63, 3.8) is 0 Å². The van der Waals surface area contributed by atoms with Gasteiger partial charge in [-0.2, -0.15) is 0 Å². The summed E-state index contributed by atoms with van der Waals surface area (Å²) in [6, 6.07) is 12.7. The Hall–Kier alpha value is -1.91. The largest absolute Gasteiger partial charge is 0.454 e. The highest BCUT2D eigenvalue weighted by Gasteiger charge is 2.12. The highest BCUT2D eigenvalue weighted by molar-refractivity contribution is 8.14. The lowest BCUT2D eigenvalue weighted by molar-refractivity contribution is -0.107. The zero-order valence-electron chi connectivity index (χ0n) is 10.9. The van der Waals surface area contributed by atoms with Crippen LogP contribution in [0.25, 0.3) is 6.08 Å². The molecule has 1 heterocycles. The molecular formula is C16H11ClO3S. The summed E-state index contributed by atoms with van der Waals surface area (Å²) in [6.07, 6.45) is 3.30. The van der Waals surface area contributed by atoms with Gasteiger partial charge in [-0.3, -0.25) is 4.79 Å². The fourth-order valence-corrected chi connectivity index (χ4v) is 2.60. The smallest absolute Gasteiger partial charge is 0.231 e. The molecule has 0 amide bonds. The van der Waals surface area contributed by atoms with E-state index in [9.17, 15) is 4.79 Å². The monoisotopic (exact) mass is 318 g/mol. The SMILES string of the molecule is O=C(/C=C/c1ccc2c(c1)OCO2)Sc1ccc(Cl)cc1. The quantitative estimate of drug-likeness (QED) is 0.620. The molecule has 0 saturated heterocycles. The molecule has 0 fully saturated rings. The minimum Gasteiger partial charge on any atom is -0.454 e. The molecule has 0 aliphatic carbocycles.